The third-order valence-corrected chi connectivity index (χ3v) is 5.34. The minimum absolute atomic E-state index is 0.0485. The van der Waals surface area contributed by atoms with E-state index in [1.165, 1.54) is 31.7 Å². The van der Waals surface area contributed by atoms with Gasteiger partial charge >= 0.3 is 0 Å². The van der Waals surface area contributed by atoms with Crippen molar-refractivity contribution in [3.05, 3.63) is 53.6 Å². The lowest BCUT2D eigenvalue weighted by Gasteiger charge is -2.23. The first-order valence-corrected chi connectivity index (χ1v) is 8.90. The second-order valence-corrected chi connectivity index (χ2v) is 7.12. The molecule has 1 aliphatic carbocycles. The Hall–Kier alpha value is -1.72. The van der Waals surface area contributed by atoms with Crippen molar-refractivity contribution < 1.29 is 9.50 Å². The molecule has 0 amide bonds. The Balaban J connectivity index is 1.50. The van der Waals surface area contributed by atoms with Gasteiger partial charge in [-0.3, -0.25) is 9.58 Å². The summed E-state index contributed by atoms with van der Waals surface area (Å²) in [5.41, 5.74) is 1.96. The number of hydrogen-bond donors (Lipinski definition) is 1. The largest absolute Gasteiger partial charge is 0.392 e. The fourth-order valence-electron chi connectivity index (χ4n) is 4.16. The zero-order chi connectivity index (χ0) is 16.5. The molecule has 1 aliphatic heterocycles. The average molecular weight is 329 g/mol. The molecule has 1 saturated heterocycles. The maximum absolute atomic E-state index is 13.6. The topological polar surface area (TPSA) is 41.3 Å². The summed E-state index contributed by atoms with van der Waals surface area (Å²) in [7, 11) is 0. The van der Waals surface area contributed by atoms with Crippen LogP contribution in [0.4, 0.5) is 4.39 Å². The van der Waals surface area contributed by atoms with Gasteiger partial charge in [-0.05, 0) is 43.0 Å². The van der Waals surface area contributed by atoms with Crippen LogP contribution in [0, 0.1) is 5.82 Å². The number of halogens is 1. The van der Waals surface area contributed by atoms with Gasteiger partial charge in [0, 0.05) is 25.3 Å². The lowest BCUT2D eigenvalue weighted by Crippen LogP contribution is -2.24. The van der Waals surface area contributed by atoms with Crippen LogP contribution in [-0.2, 0) is 6.54 Å². The Kier molecular flexibility index (Phi) is 4.37. The summed E-state index contributed by atoms with van der Waals surface area (Å²) in [5, 5.41) is 14.8. The van der Waals surface area contributed by atoms with Crippen molar-refractivity contribution in [1.29, 1.82) is 0 Å². The predicted molar refractivity (Wildman–Crippen MR) is 89.9 cm³/mol. The summed E-state index contributed by atoms with van der Waals surface area (Å²) in [6.45, 7) is 1.30. The van der Waals surface area contributed by atoms with E-state index in [1.54, 1.807) is 12.1 Å². The van der Waals surface area contributed by atoms with E-state index in [9.17, 15) is 9.50 Å². The monoisotopic (exact) mass is 329 g/mol. The molecule has 0 spiro atoms. The predicted octanol–water partition coefficient (Wildman–Crippen LogP) is 3.45. The molecule has 2 aromatic rings. The molecule has 4 rings (SSSR count). The van der Waals surface area contributed by atoms with Crippen molar-refractivity contribution in [3.8, 4) is 0 Å². The number of benzene rings is 1. The standard InChI is InChI=1S/C19H24FN3O/c20-15-5-3-4-14(10-15)19-11-18(24)13-22(19)12-16-8-9-23(21-16)17-6-1-2-7-17/h3-5,8-10,17-19,24H,1-2,6-7,11-13H2/t18-,19-/m0/s1. The summed E-state index contributed by atoms with van der Waals surface area (Å²) >= 11 is 0. The van der Waals surface area contributed by atoms with Gasteiger partial charge in [-0.1, -0.05) is 25.0 Å². The second-order valence-electron chi connectivity index (χ2n) is 7.12. The first kappa shape index (κ1) is 15.8. The minimum atomic E-state index is -0.366. The highest BCUT2D eigenvalue weighted by molar-refractivity contribution is 5.22. The minimum Gasteiger partial charge on any atom is -0.392 e. The number of nitrogens with zero attached hydrogens (tertiary/aromatic N) is 3. The van der Waals surface area contributed by atoms with Crippen molar-refractivity contribution in [3.63, 3.8) is 0 Å². The molecule has 1 aromatic carbocycles. The van der Waals surface area contributed by atoms with E-state index in [4.69, 9.17) is 5.10 Å². The molecule has 128 valence electrons. The average Bonchev–Trinajstić information content (AvgIpc) is 3.28. The summed E-state index contributed by atoms with van der Waals surface area (Å²) in [4.78, 5) is 2.21. The van der Waals surface area contributed by atoms with E-state index in [2.05, 4.69) is 21.8 Å². The molecular weight excluding hydrogens is 305 g/mol. The summed E-state index contributed by atoms with van der Waals surface area (Å²) in [6, 6.07) is 9.38. The molecule has 24 heavy (non-hydrogen) atoms. The molecule has 5 heteroatoms. The number of rotatable bonds is 4. The van der Waals surface area contributed by atoms with Gasteiger partial charge < -0.3 is 5.11 Å². The Labute approximate surface area is 141 Å². The molecule has 2 heterocycles. The Morgan fingerprint density at radius 3 is 2.83 bits per heavy atom. The van der Waals surface area contributed by atoms with Crippen LogP contribution in [0.5, 0.6) is 0 Å². The van der Waals surface area contributed by atoms with E-state index in [0.717, 1.165) is 11.3 Å². The lowest BCUT2D eigenvalue weighted by atomic mass is 10.0. The quantitative estimate of drug-likeness (QED) is 0.934. The van der Waals surface area contributed by atoms with Gasteiger partial charge in [0.15, 0.2) is 0 Å². The zero-order valence-corrected chi connectivity index (χ0v) is 13.8. The molecule has 2 fully saturated rings. The normalized spacial score (nSPS) is 25.6. The first-order valence-electron chi connectivity index (χ1n) is 8.90. The number of aromatic nitrogens is 2. The van der Waals surface area contributed by atoms with E-state index in [0.29, 0.717) is 25.6 Å². The van der Waals surface area contributed by atoms with Gasteiger partial charge in [-0.2, -0.15) is 5.10 Å². The zero-order valence-electron chi connectivity index (χ0n) is 13.8. The Morgan fingerprint density at radius 2 is 2.04 bits per heavy atom. The van der Waals surface area contributed by atoms with Crippen LogP contribution >= 0.6 is 0 Å². The Bertz CT molecular complexity index is 695. The summed E-state index contributed by atoms with van der Waals surface area (Å²) in [6.07, 6.45) is 7.38. The van der Waals surface area contributed by atoms with Crippen molar-refractivity contribution in [2.45, 2.75) is 56.8 Å². The van der Waals surface area contributed by atoms with E-state index in [-0.39, 0.29) is 18.0 Å². The maximum Gasteiger partial charge on any atom is 0.123 e. The second kappa shape index (κ2) is 6.65. The molecule has 1 saturated carbocycles. The fraction of sp³-hybridized carbons (Fsp3) is 0.526. The fourth-order valence-corrected chi connectivity index (χ4v) is 4.16. The Morgan fingerprint density at radius 1 is 1.21 bits per heavy atom. The molecule has 0 radical (unpaired) electrons. The lowest BCUT2D eigenvalue weighted by molar-refractivity contribution is 0.172. The van der Waals surface area contributed by atoms with Crippen LogP contribution in [0.1, 0.15) is 55.4 Å². The number of hydrogen-bond acceptors (Lipinski definition) is 3. The number of β-amino-alcohol motifs (C(OH)–C–C–N with tert-alkyl or cyclic N) is 1. The number of likely N-dealkylation sites (tertiary alicyclic amines) is 1. The van der Waals surface area contributed by atoms with Crippen LogP contribution in [0.25, 0.3) is 0 Å². The smallest absolute Gasteiger partial charge is 0.123 e. The third-order valence-electron chi connectivity index (χ3n) is 5.34. The van der Waals surface area contributed by atoms with Crippen molar-refractivity contribution in [2.24, 2.45) is 0 Å². The highest BCUT2D eigenvalue weighted by atomic mass is 19.1. The van der Waals surface area contributed by atoms with Gasteiger partial charge in [0.2, 0.25) is 0 Å². The molecule has 1 aromatic heterocycles. The van der Waals surface area contributed by atoms with Crippen molar-refractivity contribution in [1.82, 2.24) is 14.7 Å². The van der Waals surface area contributed by atoms with Crippen LogP contribution in [-0.4, -0.2) is 32.4 Å². The van der Waals surface area contributed by atoms with Gasteiger partial charge in [0.1, 0.15) is 5.82 Å². The van der Waals surface area contributed by atoms with Gasteiger partial charge in [-0.15, -0.1) is 0 Å². The molecule has 0 unspecified atom stereocenters. The van der Waals surface area contributed by atoms with Gasteiger partial charge in [0.25, 0.3) is 0 Å². The highest BCUT2D eigenvalue weighted by Gasteiger charge is 2.32. The molecular formula is C19H24FN3O. The van der Waals surface area contributed by atoms with Gasteiger partial charge in [0.05, 0.1) is 17.8 Å². The van der Waals surface area contributed by atoms with E-state index in [1.807, 2.05) is 6.07 Å². The summed E-state index contributed by atoms with van der Waals surface area (Å²) in [5.74, 6) is -0.223. The van der Waals surface area contributed by atoms with Gasteiger partial charge in [-0.25, -0.2) is 4.39 Å². The molecule has 1 N–H and O–H groups in total. The molecule has 4 nitrogen and oxygen atoms in total. The van der Waals surface area contributed by atoms with Crippen LogP contribution in [0.2, 0.25) is 0 Å². The third kappa shape index (κ3) is 3.23. The van der Waals surface area contributed by atoms with Crippen LogP contribution in [0.15, 0.2) is 36.5 Å². The molecule has 2 aliphatic rings. The van der Waals surface area contributed by atoms with Crippen LogP contribution in [0.3, 0.4) is 0 Å². The number of aliphatic hydroxyl groups is 1. The SMILES string of the molecule is O[C@H]1C[C@@H](c2cccc(F)c2)N(Cc2ccn(C3CCCC3)n2)C1. The highest BCUT2D eigenvalue weighted by Crippen LogP contribution is 2.34. The maximum atomic E-state index is 13.6. The number of aliphatic hydroxyl groups excluding tert-OH is 1. The molecule has 2 atom stereocenters. The summed E-state index contributed by atoms with van der Waals surface area (Å²) < 4.78 is 15.7. The first-order chi connectivity index (χ1) is 11.7. The van der Waals surface area contributed by atoms with Crippen molar-refractivity contribution in [2.75, 3.05) is 6.54 Å². The van der Waals surface area contributed by atoms with Crippen LogP contribution < -0.4 is 0 Å². The van der Waals surface area contributed by atoms with E-state index < -0.39 is 0 Å². The van der Waals surface area contributed by atoms with Crippen molar-refractivity contribution >= 4 is 0 Å². The van der Waals surface area contributed by atoms with E-state index >= 15 is 0 Å². The molecule has 0 bridgehead atoms.